The molecule has 9 heteroatoms. The van der Waals surface area contributed by atoms with Crippen LogP contribution in [0, 0.1) is 5.92 Å². The van der Waals surface area contributed by atoms with Gasteiger partial charge in [-0.2, -0.15) is 9.67 Å². The Morgan fingerprint density at radius 2 is 2.12 bits per heavy atom. The van der Waals surface area contributed by atoms with Crippen LogP contribution in [0.1, 0.15) is 19.3 Å². The minimum atomic E-state index is -0.743. The van der Waals surface area contributed by atoms with Gasteiger partial charge in [-0.15, -0.1) is 5.10 Å². The molecule has 0 amide bonds. The highest BCUT2D eigenvalue weighted by Gasteiger charge is 2.30. The van der Waals surface area contributed by atoms with Gasteiger partial charge in [-0.3, -0.25) is 4.79 Å². The van der Waals surface area contributed by atoms with Crippen molar-refractivity contribution in [1.29, 1.82) is 0 Å². The van der Waals surface area contributed by atoms with Gasteiger partial charge in [0.05, 0.1) is 24.9 Å². The number of fused-ring (bicyclic) bond motifs is 1. The minimum Gasteiger partial charge on any atom is -0.497 e. The maximum atomic E-state index is 11.1. The molecule has 0 saturated heterocycles. The first-order valence-corrected chi connectivity index (χ1v) is 8.36. The number of aromatic nitrogens is 5. The maximum absolute atomic E-state index is 11.1. The molecular weight excluding hydrogens is 336 g/mol. The van der Waals surface area contributed by atoms with E-state index >= 15 is 0 Å². The first-order chi connectivity index (χ1) is 12.6. The van der Waals surface area contributed by atoms with Gasteiger partial charge in [-0.1, -0.05) is 5.21 Å². The Morgan fingerprint density at radius 1 is 1.31 bits per heavy atom. The Hall–Kier alpha value is -3.23. The molecule has 0 spiro atoms. The van der Waals surface area contributed by atoms with E-state index in [1.807, 2.05) is 24.3 Å². The lowest BCUT2D eigenvalue weighted by molar-refractivity contribution is -0.141. The lowest BCUT2D eigenvalue weighted by atomic mass is 10.1. The molecule has 134 valence electrons. The molecule has 9 nitrogen and oxygen atoms in total. The van der Waals surface area contributed by atoms with Crippen molar-refractivity contribution in [2.45, 2.75) is 25.3 Å². The predicted octanol–water partition coefficient (Wildman–Crippen LogP) is 1.88. The third-order valence-corrected chi connectivity index (χ3v) is 4.62. The minimum absolute atomic E-state index is 0.0545. The molecule has 2 atom stereocenters. The number of aliphatic carboxylic acids is 1. The molecule has 2 unspecified atom stereocenters. The summed E-state index contributed by atoms with van der Waals surface area (Å²) in [7, 11) is 1.61. The highest BCUT2D eigenvalue weighted by Crippen LogP contribution is 2.28. The number of carboxylic acid groups (broad SMARTS) is 1. The van der Waals surface area contributed by atoms with Gasteiger partial charge < -0.3 is 15.2 Å². The number of rotatable bonds is 5. The summed E-state index contributed by atoms with van der Waals surface area (Å²) in [5.41, 5.74) is 1.98. The van der Waals surface area contributed by atoms with Crippen LogP contribution in [0.2, 0.25) is 0 Å². The second-order valence-electron chi connectivity index (χ2n) is 6.29. The zero-order chi connectivity index (χ0) is 18.1. The van der Waals surface area contributed by atoms with Crippen LogP contribution in [0.5, 0.6) is 5.75 Å². The third kappa shape index (κ3) is 3.03. The normalized spacial score (nSPS) is 19.6. The standard InChI is InChI=1S/C17H18N6O3/c1-26-13-6-4-12(5-7-13)23-15-14(21-22-23)9-18-17(20-15)19-11-3-2-10(8-11)16(24)25/h4-7,9-11H,2-3,8H2,1H3,(H,24,25)(H,18,19,20). The molecule has 0 aliphatic heterocycles. The Kier molecular flexibility index (Phi) is 4.11. The molecule has 3 aromatic rings. The van der Waals surface area contributed by atoms with E-state index < -0.39 is 5.97 Å². The van der Waals surface area contributed by atoms with Crippen molar-refractivity contribution in [3.05, 3.63) is 30.5 Å². The van der Waals surface area contributed by atoms with Crippen molar-refractivity contribution >= 4 is 23.1 Å². The Balaban J connectivity index is 1.59. The number of nitrogens with one attached hydrogen (secondary N) is 1. The van der Waals surface area contributed by atoms with Gasteiger partial charge in [0, 0.05) is 6.04 Å². The first-order valence-electron chi connectivity index (χ1n) is 8.36. The topological polar surface area (TPSA) is 115 Å². The quantitative estimate of drug-likeness (QED) is 0.714. The molecule has 1 aromatic carbocycles. The molecule has 0 radical (unpaired) electrons. The Labute approximate surface area is 149 Å². The monoisotopic (exact) mass is 354 g/mol. The maximum Gasteiger partial charge on any atom is 0.306 e. The molecule has 1 saturated carbocycles. The van der Waals surface area contributed by atoms with Gasteiger partial charge in [0.2, 0.25) is 5.95 Å². The number of hydrogen-bond acceptors (Lipinski definition) is 7. The van der Waals surface area contributed by atoms with E-state index in [2.05, 4.69) is 25.6 Å². The smallest absolute Gasteiger partial charge is 0.306 e. The van der Waals surface area contributed by atoms with Crippen LogP contribution in [-0.2, 0) is 4.79 Å². The van der Waals surface area contributed by atoms with Gasteiger partial charge >= 0.3 is 5.97 Å². The summed E-state index contributed by atoms with van der Waals surface area (Å²) in [4.78, 5) is 19.9. The molecule has 2 aromatic heterocycles. The number of nitrogens with zero attached hydrogens (tertiary/aromatic N) is 5. The van der Waals surface area contributed by atoms with Crippen molar-refractivity contribution in [3.63, 3.8) is 0 Å². The second-order valence-corrected chi connectivity index (χ2v) is 6.29. The predicted molar refractivity (Wildman–Crippen MR) is 93.4 cm³/mol. The van der Waals surface area contributed by atoms with Gasteiger partial charge in [-0.05, 0) is 43.5 Å². The summed E-state index contributed by atoms with van der Waals surface area (Å²) in [5, 5.41) is 20.6. The SMILES string of the molecule is COc1ccc(-n2nnc3cnc(NC4CCC(C(=O)O)C4)nc32)cc1. The van der Waals surface area contributed by atoms with Gasteiger partial charge in [0.15, 0.2) is 11.2 Å². The molecule has 2 heterocycles. The van der Waals surface area contributed by atoms with Gasteiger partial charge in [0.1, 0.15) is 5.75 Å². The van der Waals surface area contributed by atoms with E-state index in [0.29, 0.717) is 30.0 Å². The number of hydrogen-bond donors (Lipinski definition) is 2. The lowest BCUT2D eigenvalue weighted by Crippen LogP contribution is -2.19. The second kappa shape index (κ2) is 6.58. The van der Waals surface area contributed by atoms with Crippen molar-refractivity contribution < 1.29 is 14.6 Å². The summed E-state index contributed by atoms with van der Waals surface area (Å²) in [6.07, 6.45) is 3.64. The van der Waals surface area contributed by atoms with E-state index in [-0.39, 0.29) is 12.0 Å². The number of carbonyl (C=O) groups is 1. The largest absolute Gasteiger partial charge is 0.497 e. The Bertz CT molecular complexity index is 939. The molecule has 1 aliphatic rings. The molecule has 1 aliphatic carbocycles. The molecule has 26 heavy (non-hydrogen) atoms. The van der Waals surface area contributed by atoms with E-state index in [1.165, 1.54) is 0 Å². The number of ether oxygens (including phenoxy) is 1. The molecular formula is C17H18N6O3. The van der Waals surface area contributed by atoms with Crippen LogP contribution < -0.4 is 10.1 Å². The molecule has 1 fully saturated rings. The summed E-state index contributed by atoms with van der Waals surface area (Å²) < 4.78 is 6.81. The highest BCUT2D eigenvalue weighted by molar-refractivity contribution is 5.72. The van der Waals surface area contributed by atoms with Crippen molar-refractivity contribution in [1.82, 2.24) is 25.0 Å². The van der Waals surface area contributed by atoms with Crippen LogP contribution in [0.4, 0.5) is 5.95 Å². The van der Waals surface area contributed by atoms with Crippen molar-refractivity contribution in [2.75, 3.05) is 12.4 Å². The van der Waals surface area contributed by atoms with Crippen LogP contribution in [0.3, 0.4) is 0 Å². The van der Waals surface area contributed by atoms with Crippen LogP contribution in [0.25, 0.3) is 16.9 Å². The van der Waals surface area contributed by atoms with Crippen molar-refractivity contribution in [2.24, 2.45) is 5.92 Å². The summed E-state index contributed by atoms with van der Waals surface area (Å²) >= 11 is 0. The summed E-state index contributed by atoms with van der Waals surface area (Å²) in [6, 6.07) is 7.48. The number of anilines is 1. The van der Waals surface area contributed by atoms with Crippen LogP contribution in [0.15, 0.2) is 30.5 Å². The fourth-order valence-corrected chi connectivity index (χ4v) is 3.21. The molecule has 0 bridgehead atoms. The number of carboxylic acids is 1. The van der Waals surface area contributed by atoms with Crippen LogP contribution >= 0.6 is 0 Å². The van der Waals surface area contributed by atoms with E-state index in [9.17, 15) is 4.79 Å². The molecule has 2 N–H and O–H groups in total. The van der Waals surface area contributed by atoms with Crippen LogP contribution in [-0.4, -0.2) is 49.2 Å². The highest BCUT2D eigenvalue weighted by atomic mass is 16.5. The van der Waals surface area contributed by atoms with Gasteiger partial charge in [-0.25, -0.2) is 4.98 Å². The number of benzene rings is 1. The zero-order valence-corrected chi connectivity index (χ0v) is 14.2. The van der Waals surface area contributed by atoms with E-state index in [4.69, 9.17) is 9.84 Å². The van der Waals surface area contributed by atoms with Crippen molar-refractivity contribution in [3.8, 4) is 11.4 Å². The zero-order valence-electron chi connectivity index (χ0n) is 14.2. The van der Waals surface area contributed by atoms with E-state index in [0.717, 1.165) is 17.9 Å². The fraction of sp³-hybridized carbons (Fsp3) is 0.353. The molecule has 4 rings (SSSR count). The van der Waals surface area contributed by atoms with Gasteiger partial charge in [0.25, 0.3) is 0 Å². The number of methoxy groups -OCH3 is 1. The summed E-state index contributed by atoms with van der Waals surface area (Å²) in [5.74, 6) is 0.158. The average molecular weight is 354 g/mol. The third-order valence-electron chi connectivity index (χ3n) is 4.62. The fourth-order valence-electron chi connectivity index (χ4n) is 3.21. The average Bonchev–Trinajstić information content (AvgIpc) is 3.29. The summed E-state index contributed by atoms with van der Waals surface area (Å²) in [6.45, 7) is 0. The Morgan fingerprint density at radius 3 is 2.81 bits per heavy atom. The first kappa shape index (κ1) is 16.2. The lowest BCUT2D eigenvalue weighted by Gasteiger charge is -2.12. The van der Waals surface area contributed by atoms with E-state index in [1.54, 1.807) is 18.0 Å².